The molecule has 0 bridgehead atoms. The second-order valence-electron chi connectivity index (χ2n) is 12.7. The fourth-order valence-electron chi connectivity index (χ4n) is 4.46. The van der Waals surface area contributed by atoms with Crippen molar-refractivity contribution >= 4 is 93.6 Å². The van der Waals surface area contributed by atoms with E-state index in [-0.39, 0.29) is 70.1 Å². The summed E-state index contributed by atoms with van der Waals surface area (Å²) in [5.74, 6) is -2.50. The number of carboxylic acids is 1. The van der Waals surface area contributed by atoms with Crippen molar-refractivity contribution in [3.8, 4) is 11.6 Å². The highest BCUT2D eigenvalue weighted by Gasteiger charge is 2.18. The van der Waals surface area contributed by atoms with Gasteiger partial charge in [0.25, 0.3) is 17.4 Å². The van der Waals surface area contributed by atoms with E-state index in [1.807, 2.05) is 15.6 Å². The van der Waals surface area contributed by atoms with Crippen molar-refractivity contribution in [2.45, 2.75) is 40.4 Å². The number of imide groups is 2. The number of H-pyrrole nitrogens is 1. The number of hydrogen-bond donors (Lipinski definition) is 6. The van der Waals surface area contributed by atoms with Crippen molar-refractivity contribution < 1.29 is 57.8 Å². The number of carbonyl (C=O) groups excluding carboxylic acids is 6. The lowest BCUT2D eigenvalue weighted by Gasteiger charge is -2.04. The van der Waals surface area contributed by atoms with Crippen LogP contribution in [-0.4, -0.2) is 104 Å². The predicted molar refractivity (Wildman–Crippen MR) is 243 cm³/mol. The number of ether oxygens (including phenoxy) is 3. The lowest BCUT2D eigenvalue weighted by molar-refractivity contribution is -0.385. The van der Waals surface area contributed by atoms with Gasteiger partial charge in [0.2, 0.25) is 5.75 Å². The Balaban J connectivity index is 0.000000322. The number of hydrogen-bond acceptors (Lipinski definition) is 18. The number of ketones is 2. The summed E-state index contributed by atoms with van der Waals surface area (Å²) in [6, 6.07) is 5.66. The van der Waals surface area contributed by atoms with Crippen LogP contribution in [0.3, 0.4) is 0 Å². The van der Waals surface area contributed by atoms with E-state index in [1.54, 1.807) is 6.92 Å². The molecule has 0 saturated carbocycles. The van der Waals surface area contributed by atoms with Gasteiger partial charge in [0.15, 0.2) is 29.0 Å². The van der Waals surface area contributed by atoms with Gasteiger partial charge < -0.3 is 25.1 Å². The van der Waals surface area contributed by atoms with Gasteiger partial charge in [-0.1, -0.05) is 46.9 Å². The minimum absolute atomic E-state index is 0.0177. The van der Waals surface area contributed by atoms with Crippen LogP contribution >= 0.6 is 34.8 Å². The Morgan fingerprint density at radius 1 is 0.841 bits per heavy atom. The van der Waals surface area contributed by atoms with Gasteiger partial charge in [-0.2, -0.15) is 15.3 Å². The minimum Gasteiger partial charge on any atom is -0.504 e. The number of benzene rings is 1. The molecule has 5 amide bonds. The summed E-state index contributed by atoms with van der Waals surface area (Å²) in [7, 11) is 1.37. The number of nitrogens with zero attached hydrogens (tertiary/aromatic N) is 8. The molecular formula is C38H40Cl3N13O15. The van der Waals surface area contributed by atoms with E-state index in [2.05, 4.69) is 25.3 Å². The molecule has 1 aromatic carbocycles. The number of aromatic amines is 1. The molecule has 31 heteroatoms. The van der Waals surface area contributed by atoms with Crippen LogP contribution in [0.25, 0.3) is 5.82 Å². The summed E-state index contributed by atoms with van der Waals surface area (Å²) < 4.78 is 18.8. The van der Waals surface area contributed by atoms with Gasteiger partial charge in [0.05, 0.1) is 44.3 Å². The molecule has 0 aliphatic heterocycles. The first-order chi connectivity index (χ1) is 32.5. The molecule has 0 fully saturated rings. The van der Waals surface area contributed by atoms with E-state index in [0.717, 1.165) is 40.0 Å². The number of nitro benzene ring substituents is 1. The van der Waals surface area contributed by atoms with Gasteiger partial charge in [0.1, 0.15) is 21.6 Å². The quantitative estimate of drug-likeness (QED) is 0.0380. The van der Waals surface area contributed by atoms with E-state index in [0.29, 0.717) is 11.6 Å². The summed E-state index contributed by atoms with van der Waals surface area (Å²) in [6.07, 6.45) is 8.56. The summed E-state index contributed by atoms with van der Waals surface area (Å²) >= 11 is 17.3. The summed E-state index contributed by atoms with van der Waals surface area (Å²) in [5.41, 5.74) is 3.72. The number of aromatic nitrogens is 8. The first-order valence-corrected chi connectivity index (χ1v) is 20.0. The maximum absolute atomic E-state index is 11.5. The van der Waals surface area contributed by atoms with Crippen LogP contribution in [0.2, 0.25) is 15.1 Å². The van der Waals surface area contributed by atoms with E-state index in [9.17, 15) is 53.3 Å². The molecule has 4 heterocycles. The van der Waals surface area contributed by atoms with Gasteiger partial charge in [-0.3, -0.25) is 78.4 Å². The fraction of sp³-hybridized carbons (Fsp3) is 0.211. The van der Waals surface area contributed by atoms with Gasteiger partial charge in [-0.05, 0) is 26.8 Å². The van der Waals surface area contributed by atoms with Crippen LogP contribution in [-0.2, 0) is 53.1 Å². The highest BCUT2D eigenvalue weighted by molar-refractivity contribution is 6.33. The number of halogens is 3. The first kappa shape index (κ1) is 56.5. The first-order valence-electron chi connectivity index (χ1n) is 18.9. The van der Waals surface area contributed by atoms with Gasteiger partial charge in [0, 0.05) is 49.1 Å². The Hall–Kier alpha value is -8.63. The standard InChI is InChI=1S/C12H12N2O6.C11H13ClN4O4.C9H7ClN4O4.C6H8ClN3O/c1-2-19-8-7-11(15)13-12(16)20-10-6-4-3-5-9(10)14(17)18;1-7(17)5-16-6-8(12)10(15-16)14-11(19)13-9(18)3-4-20-2;10-5-3-13(4-7(16)17)12-8(5)14-2-1-6(15)11-9(14)18;1-4(11)2-10-3-5(7)6(8)9-10/h3-8H,2H2,1H3,(H,13,15,16);3-4,6H,5H2,1-2H3,(H2,13,14,15,18,19);1-3H,4H2,(H,16,17)(H,11,15,18);3H,2H2,1H3,(H2,8,9)/b8-7+;4-3+;;. The molecule has 0 radical (unpaired) electrons. The Morgan fingerprint density at radius 3 is 1.99 bits per heavy atom. The largest absolute Gasteiger partial charge is 0.504 e. The third kappa shape index (κ3) is 21.0. The number of para-hydroxylation sites is 2. The topological polar surface area (TPSA) is 381 Å². The lowest BCUT2D eigenvalue weighted by Crippen LogP contribution is -2.33. The molecule has 0 aliphatic carbocycles. The highest BCUT2D eigenvalue weighted by Crippen LogP contribution is 2.26. The third-order valence-electron chi connectivity index (χ3n) is 7.07. The van der Waals surface area contributed by atoms with Gasteiger partial charge in [-0.25, -0.2) is 14.4 Å². The van der Waals surface area contributed by atoms with Crippen LogP contribution in [0.15, 0.2) is 89.4 Å². The molecule has 7 N–H and O–H groups in total. The molecule has 0 spiro atoms. The van der Waals surface area contributed by atoms with Crippen molar-refractivity contribution in [3.05, 3.63) is 126 Å². The molecule has 5 rings (SSSR count). The predicted octanol–water partition coefficient (Wildman–Crippen LogP) is 2.86. The van der Waals surface area contributed by atoms with Crippen LogP contribution in [0.5, 0.6) is 5.75 Å². The SMILES string of the molecule is CC(=O)Cn1cc(Cl)c(N)n1.CCO/C=C/C(=O)NC(=O)Oc1ccccc1[N+](=O)[O-].CO/C=C/C(=O)NC(=O)Nc1nn(CC(C)=O)cc1Cl.O=C(O)Cn1cc(Cl)c(-n2ccc(=O)[nH]c2=O)n1. The number of nitro groups is 1. The summed E-state index contributed by atoms with van der Waals surface area (Å²) in [5, 5.41) is 37.7. The highest BCUT2D eigenvalue weighted by atomic mass is 35.5. The molecule has 4 aromatic heterocycles. The second-order valence-corrected chi connectivity index (χ2v) is 13.9. The molecule has 0 atom stereocenters. The Kier molecular flexibility index (Phi) is 23.3. The van der Waals surface area contributed by atoms with Crippen molar-refractivity contribution in [3.63, 3.8) is 0 Å². The Bertz CT molecular complexity index is 2810. The second kappa shape index (κ2) is 28.4. The van der Waals surface area contributed by atoms with Crippen molar-refractivity contribution in [2.24, 2.45) is 0 Å². The monoisotopic (exact) mass is 1020 g/mol. The number of rotatable bonds is 15. The van der Waals surface area contributed by atoms with Gasteiger partial charge >= 0.3 is 29.5 Å². The average Bonchev–Trinajstić information content (AvgIpc) is 3.89. The van der Waals surface area contributed by atoms with Crippen molar-refractivity contribution in [2.75, 3.05) is 24.8 Å². The number of nitrogen functional groups attached to an aromatic ring is 1. The Labute approximate surface area is 402 Å². The zero-order chi connectivity index (χ0) is 51.8. The number of Topliss-reactive ketones (excluding diaryl/α,β-unsaturated/α-hetero) is 2. The van der Waals surface area contributed by atoms with E-state index < -0.39 is 46.1 Å². The molecule has 368 valence electrons. The summed E-state index contributed by atoms with van der Waals surface area (Å²) in [6.45, 7) is 4.87. The number of methoxy groups -OCH3 is 1. The molecule has 69 heavy (non-hydrogen) atoms. The zero-order valence-electron chi connectivity index (χ0n) is 36.3. The fourth-order valence-corrected chi connectivity index (χ4v) is 5.05. The molecular weight excluding hydrogens is 985 g/mol. The third-order valence-corrected chi connectivity index (χ3v) is 7.91. The average molecular weight is 1030 g/mol. The number of anilines is 2. The molecule has 28 nitrogen and oxygen atoms in total. The molecule has 0 aliphatic rings. The number of amides is 5. The number of carboxylic acid groups (broad SMARTS) is 1. The summed E-state index contributed by atoms with van der Waals surface area (Å²) in [4.78, 5) is 112. The van der Waals surface area contributed by atoms with Crippen LogP contribution < -0.4 is 37.7 Å². The molecule has 5 aromatic rings. The number of nitrogens with one attached hydrogen (secondary N) is 4. The molecule has 0 saturated heterocycles. The number of aliphatic carboxylic acids is 1. The number of nitrogens with two attached hydrogens (primary N) is 1. The zero-order valence-corrected chi connectivity index (χ0v) is 38.6. The van der Waals surface area contributed by atoms with Crippen LogP contribution in [0.4, 0.5) is 26.9 Å². The van der Waals surface area contributed by atoms with E-state index >= 15 is 0 Å². The number of carbonyl (C=O) groups is 7. The van der Waals surface area contributed by atoms with Crippen molar-refractivity contribution in [1.29, 1.82) is 0 Å². The smallest absolute Gasteiger partial charge is 0.419 e. The van der Waals surface area contributed by atoms with Crippen LogP contribution in [0.1, 0.15) is 20.8 Å². The van der Waals surface area contributed by atoms with Crippen LogP contribution in [0, 0.1) is 10.1 Å². The Morgan fingerprint density at radius 2 is 1.42 bits per heavy atom. The van der Waals surface area contributed by atoms with Crippen molar-refractivity contribution in [1.82, 2.24) is 49.5 Å². The normalized spacial score (nSPS) is 10.2. The minimum atomic E-state index is -1.12. The van der Waals surface area contributed by atoms with E-state index in [1.165, 1.54) is 79.4 Å². The van der Waals surface area contributed by atoms with Gasteiger partial charge in [-0.15, -0.1) is 0 Å². The maximum Gasteiger partial charge on any atom is 0.419 e. The number of urea groups is 1. The van der Waals surface area contributed by atoms with E-state index in [4.69, 9.17) is 55.1 Å². The maximum atomic E-state index is 11.5. The molecule has 0 unspecified atom stereocenters. The lowest BCUT2D eigenvalue weighted by atomic mass is 10.3.